The number of fused-ring (bicyclic) bond motifs is 1. The number of sulfonamides is 1. The molecule has 1 heterocycles. The van der Waals surface area contributed by atoms with Gasteiger partial charge in [0.2, 0.25) is 10.0 Å². The third-order valence-electron chi connectivity index (χ3n) is 4.26. The lowest BCUT2D eigenvalue weighted by Gasteiger charge is -2.22. The van der Waals surface area contributed by atoms with Crippen LogP contribution in [-0.2, 0) is 24.7 Å². The number of alkyl halides is 3. The zero-order valence-corrected chi connectivity index (χ0v) is 18.0. The van der Waals surface area contributed by atoms with Gasteiger partial charge in [0.25, 0.3) is 9.70 Å². The van der Waals surface area contributed by atoms with Crippen molar-refractivity contribution in [3.8, 4) is 0 Å². The first-order valence-electron chi connectivity index (χ1n) is 7.97. The lowest BCUT2D eigenvalue weighted by atomic mass is 10.1. The quantitative estimate of drug-likeness (QED) is 0.642. The summed E-state index contributed by atoms with van der Waals surface area (Å²) in [5.41, 5.74) is 0. The zero-order valence-electron chi connectivity index (χ0n) is 14.1. The van der Waals surface area contributed by atoms with Gasteiger partial charge >= 0.3 is 0 Å². The molecule has 0 unspecified atom stereocenters. The molecule has 12 heteroatoms. The van der Waals surface area contributed by atoms with E-state index >= 15 is 0 Å². The molecule has 0 saturated carbocycles. The normalized spacial score (nSPS) is 22.2. The number of benzene rings is 2. The van der Waals surface area contributed by atoms with Crippen LogP contribution in [-0.4, -0.2) is 50.1 Å². The summed E-state index contributed by atoms with van der Waals surface area (Å²) in [7, 11) is -7.65. The van der Waals surface area contributed by atoms with Crippen molar-refractivity contribution in [2.45, 2.75) is 20.8 Å². The molecule has 0 aliphatic carbocycles. The molecule has 2 aromatic carbocycles. The van der Waals surface area contributed by atoms with E-state index in [4.69, 9.17) is 34.8 Å². The van der Waals surface area contributed by atoms with Gasteiger partial charge in [-0.25, -0.2) is 21.6 Å². The van der Waals surface area contributed by atoms with Crippen molar-refractivity contribution in [3.05, 3.63) is 42.5 Å². The van der Waals surface area contributed by atoms with Crippen LogP contribution in [0, 0.1) is 0 Å². The van der Waals surface area contributed by atoms with Gasteiger partial charge in [0.15, 0.2) is 9.84 Å². The Morgan fingerprint density at radius 2 is 1.61 bits per heavy atom. The molecule has 1 amide bonds. The van der Waals surface area contributed by atoms with Crippen LogP contribution in [0.5, 0.6) is 0 Å². The summed E-state index contributed by atoms with van der Waals surface area (Å²) in [5, 5.41) is 3.86. The highest BCUT2D eigenvalue weighted by Gasteiger charge is 2.43. The highest BCUT2D eigenvalue weighted by molar-refractivity contribution is 7.92. The lowest BCUT2D eigenvalue weighted by molar-refractivity contribution is -0.120. The summed E-state index contributed by atoms with van der Waals surface area (Å²) in [4.78, 5) is 11.9. The van der Waals surface area contributed by atoms with E-state index in [1.165, 1.54) is 12.1 Å². The summed E-state index contributed by atoms with van der Waals surface area (Å²) < 4.78 is 49.6. The first-order valence-corrected chi connectivity index (χ1v) is 12.4. The Hall–Kier alpha value is -1.10. The fourth-order valence-corrected chi connectivity index (χ4v) is 6.40. The number of nitrogens with one attached hydrogen (secondary N) is 2. The summed E-state index contributed by atoms with van der Waals surface area (Å²) in [6.07, 6.45) is 0. The highest BCUT2D eigenvalue weighted by atomic mass is 35.6. The van der Waals surface area contributed by atoms with Crippen LogP contribution in [0.1, 0.15) is 0 Å². The van der Waals surface area contributed by atoms with Crippen LogP contribution < -0.4 is 10.0 Å². The molecule has 1 aliphatic heterocycles. The van der Waals surface area contributed by atoms with Crippen molar-refractivity contribution in [1.82, 2.24) is 10.0 Å². The van der Waals surface area contributed by atoms with Crippen molar-refractivity contribution < 1.29 is 21.6 Å². The van der Waals surface area contributed by atoms with Gasteiger partial charge in [0.1, 0.15) is 0 Å². The van der Waals surface area contributed by atoms with Gasteiger partial charge in [-0.2, -0.15) is 0 Å². The second-order valence-electron chi connectivity index (χ2n) is 6.39. The van der Waals surface area contributed by atoms with Gasteiger partial charge in [0, 0.05) is 0 Å². The maximum atomic E-state index is 12.8. The summed E-state index contributed by atoms with van der Waals surface area (Å²) in [5.74, 6) is -1.98. The molecule has 0 aromatic heterocycles. The van der Waals surface area contributed by atoms with E-state index in [9.17, 15) is 21.6 Å². The Morgan fingerprint density at radius 3 is 2.25 bits per heavy atom. The maximum absolute atomic E-state index is 12.8. The SMILES string of the molecule is O=C(N[C@H]1CS(=O)(=O)C[C@@H]1NS(=O)(=O)c1ccc2ccccc2c1)C(Cl)(Cl)Cl. The Balaban J connectivity index is 1.86. The van der Waals surface area contributed by atoms with Gasteiger partial charge in [-0.15, -0.1) is 0 Å². The molecule has 0 radical (unpaired) electrons. The Kier molecular flexibility index (Phi) is 5.88. The number of rotatable bonds is 4. The van der Waals surface area contributed by atoms with Crippen molar-refractivity contribution in [2.24, 2.45) is 0 Å². The smallest absolute Gasteiger partial charge is 0.272 e. The largest absolute Gasteiger partial charge is 0.347 e. The van der Waals surface area contributed by atoms with Crippen LogP contribution in [0.25, 0.3) is 10.8 Å². The maximum Gasteiger partial charge on any atom is 0.272 e. The summed E-state index contributed by atoms with van der Waals surface area (Å²) in [6, 6.07) is 9.59. The number of hydrogen-bond acceptors (Lipinski definition) is 5. The van der Waals surface area contributed by atoms with Crippen LogP contribution in [0.3, 0.4) is 0 Å². The number of amides is 1. The van der Waals surface area contributed by atoms with Crippen molar-refractivity contribution >= 4 is 71.3 Å². The van der Waals surface area contributed by atoms with E-state index in [0.717, 1.165) is 5.39 Å². The van der Waals surface area contributed by atoms with Crippen molar-refractivity contribution in [3.63, 3.8) is 0 Å². The monoisotopic (exact) mass is 484 g/mol. The number of carbonyl (C=O) groups excluding carboxylic acids is 1. The molecule has 3 rings (SSSR count). The minimum absolute atomic E-state index is 0.0260. The highest BCUT2D eigenvalue weighted by Crippen LogP contribution is 2.27. The molecule has 1 aliphatic rings. The molecule has 1 fully saturated rings. The average Bonchev–Trinajstić information content (AvgIpc) is 2.86. The second-order valence-corrected chi connectivity index (χ2v) is 12.5. The number of hydrogen-bond donors (Lipinski definition) is 2. The fraction of sp³-hybridized carbons (Fsp3) is 0.312. The van der Waals surface area contributed by atoms with E-state index < -0.39 is 53.1 Å². The van der Waals surface area contributed by atoms with Crippen molar-refractivity contribution in [1.29, 1.82) is 0 Å². The third-order valence-corrected chi connectivity index (χ3v) is 8.00. The molecule has 2 N–H and O–H groups in total. The molecule has 2 aromatic rings. The molecule has 1 saturated heterocycles. The Labute approximate surface area is 177 Å². The molecule has 0 bridgehead atoms. The van der Waals surface area contributed by atoms with E-state index in [2.05, 4.69) is 10.0 Å². The average molecular weight is 486 g/mol. The van der Waals surface area contributed by atoms with E-state index in [1.807, 2.05) is 12.1 Å². The minimum Gasteiger partial charge on any atom is -0.347 e. The van der Waals surface area contributed by atoms with E-state index in [-0.39, 0.29) is 4.90 Å². The minimum atomic E-state index is -4.05. The van der Waals surface area contributed by atoms with Crippen molar-refractivity contribution in [2.75, 3.05) is 11.5 Å². The summed E-state index contributed by atoms with van der Waals surface area (Å²) >= 11 is 16.5. The third kappa shape index (κ3) is 4.90. The molecule has 28 heavy (non-hydrogen) atoms. The predicted octanol–water partition coefficient (Wildman–Crippen LogP) is 1.77. The Bertz CT molecular complexity index is 1130. The molecule has 152 valence electrons. The first-order chi connectivity index (χ1) is 12.9. The van der Waals surface area contributed by atoms with E-state index in [1.54, 1.807) is 18.2 Å². The van der Waals surface area contributed by atoms with Gasteiger partial charge < -0.3 is 5.32 Å². The van der Waals surface area contributed by atoms with E-state index in [0.29, 0.717) is 5.39 Å². The van der Waals surface area contributed by atoms with Crippen LogP contribution in [0.15, 0.2) is 47.4 Å². The fourth-order valence-electron chi connectivity index (χ4n) is 2.96. The number of sulfone groups is 1. The lowest BCUT2D eigenvalue weighted by Crippen LogP contribution is -2.53. The molecule has 7 nitrogen and oxygen atoms in total. The van der Waals surface area contributed by atoms with Crippen LogP contribution in [0.4, 0.5) is 0 Å². The molecular formula is C16H15Cl3N2O5S2. The Morgan fingerprint density at radius 1 is 1.00 bits per heavy atom. The van der Waals surface area contributed by atoms with Gasteiger partial charge in [-0.05, 0) is 22.9 Å². The van der Waals surface area contributed by atoms with Gasteiger partial charge in [-0.1, -0.05) is 65.1 Å². The topological polar surface area (TPSA) is 109 Å². The van der Waals surface area contributed by atoms with Crippen LogP contribution >= 0.6 is 34.8 Å². The number of halogens is 3. The predicted molar refractivity (Wildman–Crippen MR) is 109 cm³/mol. The summed E-state index contributed by atoms with van der Waals surface area (Å²) in [6.45, 7) is 0. The van der Waals surface area contributed by atoms with Gasteiger partial charge in [0.05, 0.1) is 28.5 Å². The molecule has 0 spiro atoms. The molecule has 2 atom stereocenters. The first kappa shape index (κ1) is 21.6. The standard InChI is InChI=1S/C16H15Cl3N2O5S2/c17-16(18,19)15(22)20-13-8-27(23,24)9-14(13)21-28(25,26)12-6-5-10-3-1-2-4-11(10)7-12/h1-7,13-14,21H,8-9H2,(H,20,22)/t13-,14-/m0/s1. The molecular weight excluding hydrogens is 471 g/mol. The second kappa shape index (κ2) is 7.62. The van der Waals surface area contributed by atoms with Gasteiger partial charge in [-0.3, -0.25) is 4.79 Å². The zero-order chi connectivity index (χ0) is 20.7. The number of carbonyl (C=O) groups is 1. The van der Waals surface area contributed by atoms with Crippen LogP contribution in [0.2, 0.25) is 0 Å².